The monoisotopic (exact) mass is 667 g/mol. The molecule has 0 heterocycles. The molecule has 0 radical (unpaired) electrons. The molecular weight excluding hydrogens is 577 g/mol. The summed E-state index contributed by atoms with van der Waals surface area (Å²) in [6.45, 7) is 40.5. The topological polar surface area (TPSA) is 36.9 Å². The third-order valence-electron chi connectivity index (χ3n) is 5.94. The third kappa shape index (κ3) is 86.3. The molecule has 0 aromatic carbocycles. The second kappa shape index (κ2) is 51.0. The molecule has 4 nitrogen and oxygen atoms in total. The summed E-state index contributed by atoms with van der Waals surface area (Å²) in [6, 6.07) is 0. The van der Waals surface area contributed by atoms with Crippen molar-refractivity contribution in [3.8, 4) is 0 Å². The third-order valence-corrected chi connectivity index (χ3v) is 7.16. The van der Waals surface area contributed by atoms with Crippen molar-refractivity contribution in [3.05, 3.63) is 0 Å². The molecule has 45 heavy (non-hydrogen) atoms. The van der Waals surface area contributed by atoms with Gasteiger partial charge in [0.15, 0.2) is 0 Å². The van der Waals surface area contributed by atoms with Crippen LogP contribution in [0.15, 0.2) is 0 Å². The summed E-state index contributed by atoms with van der Waals surface area (Å²) in [7, 11) is 0. The Morgan fingerprint density at radius 2 is 0.556 bits per heavy atom. The summed E-state index contributed by atoms with van der Waals surface area (Å²) in [5.74, 6) is 6.69. The van der Waals surface area contributed by atoms with Crippen molar-refractivity contribution in [2.24, 2.45) is 29.6 Å². The molecule has 0 spiro atoms. The minimum absolute atomic E-state index is 0.779. The van der Waals surface area contributed by atoms with Gasteiger partial charge in [0.2, 0.25) is 0 Å². The molecule has 0 rings (SSSR count). The summed E-state index contributed by atoms with van der Waals surface area (Å²) in [6.07, 6.45) is 12.0. The number of hydrogen-bond acceptors (Lipinski definition) is 5. The molecule has 0 fully saturated rings. The normalized spacial score (nSPS) is 10.7. The Morgan fingerprint density at radius 1 is 0.311 bits per heavy atom. The number of ether oxygens (including phenoxy) is 4. The van der Waals surface area contributed by atoms with E-state index in [1.165, 1.54) is 50.0 Å². The number of thioether (sulfide) groups is 1. The van der Waals surface area contributed by atoms with Gasteiger partial charge in [-0.05, 0) is 105 Å². The molecule has 0 aromatic rings. The van der Waals surface area contributed by atoms with Crippen molar-refractivity contribution in [2.45, 2.75) is 168 Å². The van der Waals surface area contributed by atoms with Crippen LogP contribution in [-0.4, -0.2) is 64.4 Å². The van der Waals surface area contributed by atoms with Gasteiger partial charge >= 0.3 is 0 Å². The van der Waals surface area contributed by atoms with E-state index in [0.29, 0.717) is 0 Å². The minimum Gasteiger partial charge on any atom is -0.381 e. The number of rotatable bonds is 25. The van der Waals surface area contributed by atoms with E-state index in [4.69, 9.17) is 18.9 Å². The van der Waals surface area contributed by atoms with Crippen molar-refractivity contribution >= 4 is 11.8 Å². The second-order valence-electron chi connectivity index (χ2n) is 14.0. The van der Waals surface area contributed by atoms with Crippen LogP contribution in [0.25, 0.3) is 0 Å². The standard InChI is InChI=1S/4C8H18O.C8H18S/c5*1-4-6-9-7-5-8(2)3/h5*8H,4-7H2,1-3H3. The van der Waals surface area contributed by atoms with Crippen LogP contribution in [0.5, 0.6) is 0 Å². The Bertz CT molecular complexity index is 349. The van der Waals surface area contributed by atoms with Gasteiger partial charge in [-0.15, -0.1) is 0 Å². The molecule has 280 valence electrons. The maximum absolute atomic E-state index is 5.29. The van der Waals surface area contributed by atoms with Crippen LogP contribution in [0.3, 0.4) is 0 Å². The van der Waals surface area contributed by atoms with E-state index in [-0.39, 0.29) is 0 Å². The van der Waals surface area contributed by atoms with Gasteiger partial charge in [-0.3, -0.25) is 0 Å². The predicted octanol–water partition coefficient (Wildman–Crippen LogP) is 13.0. The zero-order valence-electron chi connectivity index (χ0n) is 34.1. The molecule has 0 N–H and O–H groups in total. The highest BCUT2D eigenvalue weighted by Gasteiger charge is 1.94. The molecule has 0 unspecified atom stereocenters. The first-order valence-corrected chi connectivity index (χ1v) is 20.4. The fourth-order valence-corrected chi connectivity index (χ4v) is 3.96. The molecule has 0 aliphatic heterocycles. The van der Waals surface area contributed by atoms with Gasteiger partial charge in [-0.25, -0.2) is 0 Å². The Kier molecular flexibility index (Phi) is 62.0. The van der Waals surface area contributed by atoms with Crippen LogP contribution in [0.4, 0.5) is 0 Å². The van der Waals surface area contributed by atoms with Crippen molar-refractivity contribution in [2.75, 3.05) is 64.4 Å². The largest absolute Gasteiger partial charge is 0.381 e. The quantitative estimate of drug-likeness (QED) is 0.0906. The van der Waals surface area contributed by atoms with Crippen molar-refractivity contribution < 1.29 is 18.9 Å². The molecule has 0 saturated carbocycles. The fourth-order valence-electron chi connectivity index (χ4n) is 2.83. The fraction of sp³-hybridized carbons (Fsp3) is 1.00. The number of hydrogen-bond donors (Lipinski definition) is 0. The van der Waals surface area contributed by atoms with E-state index >= 15 is 0 Å². The molecule has 0 aliphatic rings. The van der Waals surface area contributed by atoms with E-state index in [1.807, 2.05) is 0 Å². The molecule has 5 heteroatoms. The van der Waals surface area contributed by atoms with Crippen LogP contribution in [0.2, 0.25) is 0 Å². The molecule has 0 saturated heterocycles. The van der Waals surface area contributed by atoms with Gasteiger partial charge < -0.3 is 18.9 Å². The van der Waals surface area contributed by atoms with E-state index in [2.05, 4.69) is 116 Å². The molecular formula is C40H90O4S. The lowest BCUT2D eigenvalue weighted by molar-refractivity contribution is 0.124. The van der Waals surface area contributed by atoms with Gasteiger partial charge in [0.1, 0.15) is 0 Å². The zero-order valence-corrected chi connectivity index (χ0v) is 34.9. The highest BCUT2D eigenvalue weighted by molar-refractivity contribution is 7.99. The van der Waals surface area contributed by atoms with Crippen molar-refractivity contribution in [1.82, 2.24) is 0 Å². The molecule has 0 aromatic heterocycles. The smallest absolute Gasteiger partial charge is 0.0468 e. The Hall–Kier alpha value is 0.190. The van der Waals surface area contributed by atoms with Gasteiger partial charge in [0.05, 0.1) is 0 Å². The summed E-state index contributed by atoms with van der Waals surface area (Å²) in [5, 5.41) is 0. The van der Waals surface area contributed by atoms with E-state index in [0.717, 1.165) is 108 Å². The molecule has 0 amide bonds. The van der Waals surface area contributed by atoms with E-state index in [9.17, 15) is 0 Å². The van der Waals surface area contributed by atoms with Crippen LogP contribution in [-0.2, 0) is 18.9 Å². The highest BCUT2D eigenvalue weighted by atomic mass is 32.2. The van der Waals surface area contributed by atoms with E-state index in [1.54, 1.807) is 0 Å². The molecule has 0 aliphatic carbocycles. The minimum atomic E-state index is 0.779. The Balaban J connectivity index is -0.000000148. The summed E-state index contributed by atoms with van der Waals surface area (Å²) >= 11 is 2.08. The van der Waals surface area contributed by atoms with Crippen LogP contribution in [0, 0.1) is 29.6 Å². The van der Waals surface area contributed by atoms with E-state index < -0.39 is 0 Å². The van der Waals surface area contributed by atoms with Crippen molar-refractivity contribution in [3.63, 3.8) is 0 Å². The maximum atomic E-state index is 5.29. The second-order valence-corrected chi connectivity index (χ2v) is 15.2. The first kappa shape index (κ1) is 54.6. The lowest BCUT2D eigenvalue weighted by Gasteiger charge is -2.03. The predicted molar refractivity (Wildman–Crippen MR) is 209 cm³/mol. The van der Waals surface area contributed by atoms with Crippen LogP contribution >= 0.6 is 11.8 Å². The zero-order chi connectivity index (χ0) is 35.6. The van der Waals surface area contributed by atoms with Crippen LogP contribution in [0.1, 0.15) is 168 Å². The average Bonchev–Trinajstić information content (AvgIpc) is 2.97. The van der Waals surface area contributed by atoms with Crippen LogP contribution < -0.4 is 0 Å². The van der Waals surface area contributed by atoms with Gasteiger partial charge in [-0.2, -0.15) is 11.8 Å². The SMILES string of the molecule is CCCOCCC(C)C.CCCOCCC(C)C.CCCOCCC(C)C.CCCOCCC(C)C.CCCSCCC(C)C. The molecule has 0 atom stereocenters. The highest BCUT2D eigenvalue weighted by Crippen LogP contribution is 2.09. The lowest BCUT2D eigenvalue weighted by Crippen LogP contribution is -1.99. The Morgan fingerprint density at radius 3 is 0.733 bits per heavy atom. The average molecular weight is 667 g/mol. The first-order chi connectivity index (χ1) is 21.4. The molecule has 0 bridgehead atoms. The summed E-state index contributed by atoms with van der Waals surface area (Å²) in [5.41, 5.74) is 0. The Labute approximate surface area is 292 Å². The summed E-state index contributed by atoms with van der Waals surface area (Å²) < 4.78 is 21.2. The van der Waals surface area contributed by atoms with Gasteiger partial charge in [0.25, 0.3) is 0 Å². The van der Waals surface area contributed by atoms with Crippen molar-refractivity contribution in [1.29, 1.82) is 0 Å². The van der Waals surface area contributed by atoms with Gasteiger partial charge in [-0.1, -0.05) is 104 Å². The lowest BCUT2D eigenvalue weighted by atomic mass is 10.1. The maximum Gasteiger partial charge on any atom is 0.0468 e. The van der Waals surface area contributed by atoms with Gasteiger partial charge in [0, 0.05) is 52.9 Å². The first-order valence-electron chi connectivity index (χ1n) is 19.2. The summed E-state index contributed by atoms with van der Waals surface area (Å²) in [4.78, 5) is 0.